The van der Waals surface area contributed by atoms with Crippen LogP contribution in [0.25, 0.3) is 0 Å². The SMILES string of the molecule is Cc1cc(CCN)cnc1N1CCc2ccccc2CC1. The van der Waals surface area contributed by atoms with Crippen LogP contribution >= 0.6 is 0 Å². The van der Waals surface area contributed by atoms with Crippen molar-refractivity contribution >= 4 is 5.82 Å². The average Bonchev–Trinajstić information content (AvgIpc) is 2.71. The van der Waals surface area contributed by atoms with Crippen molar-refractivity contribution in [1.29, 1.82) is 0 Å². The molecule has 1 aromatic heterocycles. The Morgan fingerprint density at radius 1 is 1.14 bits per heavy atom. The van der Waals surface area contributed by atoms with Crippen LogP contribution in [0.4, 0.5) is 5.82 Å². The highest BCUT2D eigenvalue weighted by Crippen LogP contribution is 2.22. The highest BCUT2D eigenvalue weighted by molar-refractivity contribution is 5.48. The van der Waals surface area contributed by atoms with Gasteiger partial charge in [0.1, 0.15) is 5.82 Å². The minimum absolute atomic E-state index is 0.680. The second-order valence-electron chi connectivity index (χ2n) is 5.78. The summed E-state index contributed by atoms with van der Waals surface area (Å²) in [4.78, 5) is 7.11. The molecule has 0 fully saturated rings. The van der Waals surface area contributed by atoms with E-state index in [2.05, 4.69) is 42.2 Å². The summed E-state index contributed by atoms with van der Waals surface area (Å²) in [5.41, 5.74) is 11.1. The molecule has 21 heavy (non-hydrogen) atoms. The number of rotatable bonds is 3. The molecule has 0 aliphatic carbocycles. The highest BCUT2D eigenvalue weighted by Gasteiger charge is 2.16. The van der Waals surface area contributed by atoms with E-state index in [9.17, 15) is 0 Å². The normalized spacial score (nSPS) is 14.7. The van der Waals surface area contributed by atoms with Gasteiger partial charge in [0, 0.05) is 19.3 Å². The smallest absolute Gasteiger partial charge is 0.131 e. The number of nitrogens with two attached hydrogens (primary N) is 1. The van der Waals surface area contributed by atoms with Gasteiger partial charge in [-0.1, -0.05) is 30.3 Å². The summed E-state index contributed by atoms with van der Waals surface area (Å²) >= 11 is 0. The average molecular weight is 281 g/mol. The molecule has 3 nitrogen and oxygen atoms in total. The second kappa shape index (κ2) is 6.27. The lowest BCUT2D eigenvalue weighted by molar-refractivity contribution is 0.784. The zero-order valence-corrected chi connectivity index (χ0v) is 12.7. The molecule has 1 aliphatic heterocycles. The molecule has 1 aliphatic rings. The molecule has 3 rings (SSSR count). The second-order valence-corrected chi connectivity index (χ2v) is 5.78. The van der Waals surface area contributed by atoms with Crippen LogP contribution < -0.4 is 10.6 Å². The maximum atomic E-state index is 5.62. The minimum Gasteiger partial charge on any atom is -0.356 e. The Balaban J connectivity index is 1.79. The van der Waals surface area contributed by atoms with Crippen LogP contribution in [0.1, 0.15) is 22.3 Å². The third kappa shape index (κ3) is 3.08. The zero-order valence-electron chi connectivity index (χ0n) is 12.7. The van der Waals surface area contributed by atoms with Gasteiger partial charge in [0.05, 0.1) is 0 Å². The van der Waals surface area contributed by atoms with Gasteiger partial charge in [-0.3, -0.25) is 0 Å². The van der Waals surface area contributed by atoms with Crippen molar-refractivity contribution in [3.05, 3.63) is 58.8 Å². The summed E-state index contributed by atoms with van der Waals surface area (Å²) in [6, 6.07) is 11.0. The third-order valence-electron chi connectivity index (χ3n) is 4.26. The fourth-order valence-corrected chi connectivity index (χ4v) is 3.14. The van der Waals surface area contributed by atoms with Crippen molar-refractivity contribution in [2.45, 2.75) is 26.2 Å². The predicted molar refractivity (Wildman–Crippen MR) is 87.8 cm³/mol. The Hall–Kier alpha value is -1.87. The zero-order chi connectivity index (χ0) is 14.7. The lowest BCUT2D eigenvalue weighted by atomic mass is 10.0. The van der Waals surface area contributed by atoms with E-state index in [0.29, 0.717) is 6.54 Å². The Morgan fingerprint density at radius 2 is 1.81 bits per heavy atom. The van der Waals surface area contributed by atoms with Crippen molar-refractivity contribution in [3.63, 3.8) is 0 Å². The molecule has 0 amide bonds. The van der Waals surface area contributed by atoms with Gasteiger partial charge in [-0.2, -0.15) is 0 Å². The van der Waals surface area contributed by atoms with E-state index in [1.807, 2.05) is 6.20 Å². The summed E-state index contributed by atoms with van der Waals surface area (Å²) in [5.74, 6) is 1.13. The van der Waals surface area contributed by atoms with E-state index in [1.165, 1.54) is 22.3 Å². The van der Waals surface area contributed by atoms with Gasteiger partial charge in [-0.15, -0.1) is 0 Å². The lowest BCUT2D eigenvalue weighted by Gasteiger charge is -2.23. The standard InChI is InChI=1S/C18H23N3/c1-14-12-15(6-9-19)13-20-18(14)21-10-7-16-4-2-3-5-17(16)8-11-21/h2-5,12-13H,6-11,19H2,1H3. The van der Waals surface area contributed by atoms with Crippen molar-refractivity contribution in [2.75, 3.05) is 24.5 Å². The van der Waals surface area contributed by atoms with Crippen LogP contribution in [0.3, 0.4) is 0 Å². The molecule has 1 aromatic carbocycles. The van der Waals surface area contributed by atoms with Gasteiger partial charge in [-0.05, 0) is 55.0 Å². The molecule has 3 heteroatoms. The van der Waals surface area contributed by atoms with E-state index in [0.717, 1.165) is 38.2 Å². The van der Waals surface area contributed by atoms with Gasteiger partial charge < -0.3 is 10.6 Å². The number of hydrogen-bond donors (Lipinski definition) is 1. The molecule has 0 unspecified atom stereocenters. The molecule has 0 radical (unpaired) electrons. The Morgan fingerprint density at radius 3 is 2.38 bits per heavy atom. The predicted octanol–water partition coefficient (Wildman–Crippen LogP) is 2.50. The van der Waals surface area contributed by atoms with Crippen LogP contribution in [-0.4, -0.2) is 24.6 Å². The number of nitrogens with zero attached hydrogens (tertiary/aromatic N) is 2. The molecule has 0 spiro atoms. The van der Waals surface area contributed by atoms with Gasteiger partial charge in [0.25, 0.3) is 0 Å². The van der Waals surface area contributed by atoms with E-state index in [4.69, 9.17) is 10.7 Å². The largest absolute Gasteiger partial charge is 0.356 e. The summed E-state index contributed by atoms with van der Waals surface area (Å²) in [5, 5.41) is 0. The molecule has 2 N–H and O–H groups in total. The highest BCUT2D eigenvalue weighted by atomic mass is 15.2. The fraction of sp³-hybridized carbons (Fsp3) is 0.389. The molecular formula is C18H23N3. The minimum atomic E-state index is 0.680. The number of pyridine rings is 1. The van der Waals surface area contributed by atoms with E-state index in [1.54, 1.807) is 0 Å². The Kier molecular flexibility index (Phi) is 4.20. The number of aryl methyl sites for hydroxylation is 1. The van der Waals surface area contributed by atoms with E-state index < -0.39 is 0 Å². The van der Waals surface area contributed by atoms with Crippen molar-refractivity contribution in [2.24, 2.45) is 5.73 Å². The quantitative estimate of drug-likeness (QED) is 0.940. The van der Waals surface area contributed by atoms with Crippen molar-refractivity contribution < 1.29 is 0 Å². The van der Waals surface area contributed by atoms with E-state index in [-0.39, 0.29) is 0 Å². The summed E-state index contributed by atoms with van der Waals surface area (Å²) in [6.07, 6.45) is 5.08. The lowest BCUT2D eigenvalue weighted by Crippen LogP contribution is -2.27. The van der Waals surface area contributed by atoms with Gasteiger partial charge >= 0.3 is 0 Å². The first-order valence-electron chi connectivity index (χ1n) is 7.75. The molecule has 110 valence electrons. The fourth-order valence-electron chi connectivity index (χ4n) is 3.14. The molecule has 0 saturated carbocycles. The molecule has 0 atom stereocenters. The molecule has 2 heterocycles. The molecule has 0 bridgehead atoms. The van der Waals surface area contributed by atoms with Crippen LogP contribution in [0.15, 0.2) is 36.5 Å². The number of anilines is 1. The number of fused-ring (bicyclic) bond motifs is 1. The summed E-state index contributed by atoms with van der Waals surface area (Å²) < 4.78 is 0. The maximum Gasteiger partial charge on any atom is 0.131 e. The number of aromatic nitrogens is 1. The van der Waals surface area contributed by atoms with Crippen LogP contribution in [0, 0.1) is 6.92 Å². The Bertz CT molecular complexity index is 595. The summed E-state index contributed by atoms with van der Waals surface area (Å²) in [7, 11) is 0. The van der Waals surface area contributed by atoms with Crippen LogP contribution in [-0.2, 0) is 19.3 Å². The van der Waals surface area contributed by atoms with Gasteiger partial charge in [0.15, 0.2) is 0 Å². The molecule has 2 aromatic rings. The Labute approximate surface area is 126 Å². The molecular weight excluding hydrogens is 258 g/mol. The van der Waals surface area contributed by atoms with Gasteiger partial charge in [0.2, 0.25) is 0 Å². The van der Waals surface area contributed by atoms with Gasteiger partial charge in [-0.25, -0.2) is 4.98 Å². The number of hydrogen-bond acceptors (Lipinski definition) is 3. The van der Waals surface area contributed by atoms with Crippen molar-refractivity contribution in [1.82, 2.24) is 4.98 Å². The first kappa shape index (κ1) is 14.1. The van der Waals surface area contributed by atoms with Crippen molar-refractivity contribution in [3.8, 4) is 0 Å². The molecule has 0 saturated heterocycles. The first-order valence-corrected chi connectivity index (χ1v) is 7.75. The number of benzene rings is 1. The van der Waals surface area contributed by atoms with Crippen LogP contribution in [0.5, 0.6) is 0 Å². The monoisotopic (exact) mass is 281 g/mol. The first-order chi connectivity index (χ1) is 10.3. The van der Waals surface area contributed by atoms with E-state index >= 15 is 0 Å². The topological polar surface area (TPSA) is 42.1 Å². The third-order valence-corrected chi connectivity index (χ3v) is 4.26. The maximum absolute atomic E-state index is 5.62. The van der Waals surface area contributed by atoms with Crippen LogP contribution in [0.2, 0.25) is 0 Å². The summed E-state index contributed by atoms with van der Waals surface area (Å²) in [6.45, 7) is 4.92.